The predicted octanol–water partition coefficient (Wildman–Crippen LogP) is 3.57. The SMILES string of the molecule is C=CCn1nnnc1NCc1c(Br)ccc(OC)c1OCC(=O)Nc1ccc(C)cc1. The summed E-state index contributed by atoms with van der Waals surface area (Å²) in [5.41, 5.74) is 2.58. The van der Waals surface area contributed by atoms with E-state index in [0.29, 0.717) is 36.2 Å². The number of nitrogens with one attached hydrogen (secondary N) is 2. The van der Waals surface area contributed by atoms with Crippen LogP contribution in [0.15, 0.2) is 53.5 Å². The zero-order valence-corrected chi connectivity index (χ0v) is 18.8. The molecule has 0 saturated heterocycles. The second kappa shape index (κ2) is 10.6. The molecule has 0 radical (unpaired) electrons. The van der Waals surface area contributed by atoms with Crippen molar-refractivity contribution in [1.82, 2.24) is 20.2 Å². The smallest absolute Gasteiger partial charge is 0.262 e. The molecule has 0 fully saturated rings. The van der Waals surface area contributed by atoms with Gasteiger partial charge in [-0.05, 0) is 41.6 Å². The largest absolute Gasteiger partial charge is 0.493 e. The molecule has 0 aliphatic rings. The van der Waals surface area contributed by atoms with Gasteiger partial charge in [-0.1, -0.05) is 44.8 Å². The van der Waals surface area contributed by atoms with Gasteiger partial charge in [0.05, 0.1) is 13.7 Å². The number of hydrogen-bond acceptors (Lipinski definition) is 7. The molecule has 9 nitrogen and oxygen atoms in total. The van der Waals surface area contributed by atoms with Crippen LogP contribution in [-0.2, 0) is 17.9 Å². The molecule has 2 N–H and O–H groups in total. The summed E-state index contributed by atoms with van der Waals surface area (Å²) < 4.78 is 13.7. The van der Waals surface area contributed by atoms with E-state index < -0.39 is 0 Å². The maximum atomic E-state index is 12.4. The van der Waals surface area contributed by atoms with Gasteiger partial charge in [0, 0.05) is 22.3 Å². The number of aryl methyl sites for hydroxylation is 1. The third-order valence-corrected chi connectivity index (χ3v) is 5.07. The lowest BCUT2D eigenvalue weighted by molar-refractivity contribution is -0.118. The number of rotatable bonds is 10. The molecule has 0 aliphatic heterocycles. The van der Waals surface area contributed by atoms with E-state index in [9.17, 15) is 4.79 Å². The van der Waals surface area contributed by atoms with Crippen LogP contribution in [-0.4, -0.2) is 39.8 Å². The van der Waals surface area contributed by atoms with Crippen molar-refractivity contribution in [3.05, 3.63) is 64.7 Å². The summed E-state index contributed by atoms with van der Waals surface area (Å²) in [5, 5.41) is 17.5. The van der Waals surface area contributed by atoms with Crippen LogP contribution in [0.1, 0.15) is 11.1 Å². The Morgan fingerprint density at radius 2 is 2.03 bits per heavy atom. The molecule has 0 spiro atoms. The van der Waals surface area contributed by atoms with Crippen molar-refractivity contribution in [2.75, 3.05) is 24.4 Å². The van der Waals surface area contributed by atoms with Gasteiger partial charge in [0.15, 0.2) is 18.1 Å². The summed E-state index contributed by atoms with van der Waals surface area (Å²) in [7, 11) is 1.55. The lowest BCUT2D eigenvalue weighted by atomic mass is 10.2. The molecule has 0 bridgehead atoms. The minimum atomic E-state index is -0.278. The molecule has 2 aromatic carbocycles. The number of methoxy groups -OCH3 is 1. The van der Waals surface area contributed by atoms with Gasteiger partial charge in [-0.15, -0.1) is 6.58 Å². The Morgan fingerprint density at radius 3 is 2.74 bits per heavy atom. The van der Waals surface area contributed by atoms with Crippen molar-refractivity contribution >= 4 is 33.5 Å². The molecule has 162 valence electrons. The lowest BCUT2D eigenvalue weighted by Gasteiger charge is -2.17. The standard InChI is InChI=1S/C21H23BrN6O3/c1-4-11-28-21(25-26-27-28)23-12-16-17(22)9-10-18(30-3)20(16)31-13-19(29)24-15-7-5-14(2)6-8-15/h4-10H,1,11-13H2,2-3H3,(H,24,29)(H,23,25,27). The molecule has 0 aliphatic carbocycles. The minimum Gasteiger partial charge on any atom is -0.493 e. The Morgan fingerprint density at radius 1 is 1.26 bits per heavy atom. The quantitative estimate of drug-likeness (QED) is 0.422. The molecule has 3 rings (SSSR count). The van der Waals surface area contributed by atoms with Gasteiger partial charge in [-0.25, -0.2) is 4.68 Å². The predicted molar refractivity (Wildman–Crippen MR) is 121 cm³/mol. The number of allylic oxidation sites excluding steroid dienone is 1. The molecular formula is C21H23BrN6O3. The van der Waals surface area contributed by atoms with Crippen LogP contribution in [0.25, 0.3) is 0 Å². The summed E-state index contributed by atoms with van der Waals surface area (Å²) >= 11 is 3.54. The first kappa shape index (κ1) is 22.3. The zero-order chi connectivity index (χ0) is 22.2. The Kier molecular flexibility index (Phi) is 7.60. The van der Waals surface area contributed by atoms with Gasteiger partial charge in [-0.3, -0.25) is 4.79 Å². The maximum absolute atomic E-state index is 12.4. The summed E-state index contributed by atoms with van der Waals surface area (Å²) in [6.07, 6.45) is 1.70. The van der Waals surface area contributed by atoms with Crippen LogP contribution >= 0.6 is 15.9 Å². The fourth-order valence-corrected chi connectivity index (χ4v) is 3.23. The second-order valence-electron chi connectivity index (χ2n) is 6.59. The average Bonchev–Trinajstić information content (AvgIpc) is 3.20. The summed E-state index contributed by atoms with van der Waals surface area (Å²) in [6, 6.07) is 11.2. The van der Waals surface area contributed by atoms with E-state index in [1.54, 1.807) is 23.9 Å². The van der Waals surface area contributed by atoms with Crippen molar-refractivity contribution in [2.45, 2.75) is 20.0 Å². The number of anilines is 2. The third kappa shape index (κ3) is 5.82. The van der Waals surface area contributed by atoms with Crippen LogP contribution in [0, 0.1) is 6.92 Å². The summed E-state index contributed by atoms with van der Waals surface area (Å²) in [4.78, 5) is 12.4. The number of halogens is 1. The van der Waals surface area contributed by atoms with Crippen molar-refractivity contribution < 1.29 is 14.3 Å². The van der Waals surface area contributed by atoms with Crippen LogP contribution in [0.3, 0.4) is 0 Å². The van der Waals surface area contributed by atoms with Gasteiger partial charge in [-0.2, -0.15) is 0 Å². The van der Waals surface area contributed by atoms with Gasteiger partial charge < -0.3 is 20.1 Å². The van der Waals surface area contributed by atoms with E-state index in [1.807, 2.05) is 37.3 Å². The topological polar surface area (TPSA) is 103 Å². The summed E-state index contributed by atoms with van der Waals surface area (Å²) in [5.74, 6) is 1.16. The molecule has 0 atom stereocenters. The highest BCUT2D eigenvalue weighted by Crippen LogP contribution is 2.36. The molecule has 0 saturated carbocycles. The van der Waals surface area contributed by atoms with E-state index in [2.05, 4.69) is 48.7 Å². The maximum Gasteiger partial charge on any atom is 0.262 e. The van der Waals surface area contributed by atoms with Crippen LogP contribution < -0.4 is 20.1 Å². The monoisotopic (exact) mass is 486 g/mol. The zero-order valence-electron chi connectivity index (χ0n) is 17.3. The van der Waals surface area contributed by atoms with Crippen LogP contribution in [0.4, 0.5) is 11.6 Å². The number of carbonyl (C=O) groups is 1. The number of amides is 1. The molecule has 1 aromatic heterocycles. The van der Waals surface area contributed by atoms with Gasteiger partial charge in [0.2, 0.25) is 5.95 Å². The Balaban J connectivity index is 1.73. The molecule has 31 heavy (non-hydrogen) atoms. The number of ether oxygens (including phenoxy) is 2. The fourth-order valence-electron chi connectivity index (χ4n) is 2.78. The van der Waals surface area contributed by atoms with Crippen molar-refractivity contribution in [3.63, 3.8) is 0 Å². The van der Waals surface area contributed by atoms with E-state index in [4.69, 9.17) is 9.47 Å². The highest BCUT2D eigenvalue weighted by atomic mass is 79.9. The first-order valence-corrected chi connectivity index (χ1v) is 10.3. The summed E-state index contributed by atoms with van der Waals surface area (Å²) in [6.45, 7) is 6.31. The first-order chi connectivity index (χ1) is 15.0. The highest BCUT2D eigenvalue weighted by molar-refractivity contribution is 9.10. The first-order valence-electron chi connectivity index (χ1n) is 9.47. The molecular weight excluding hydrogens is 464 g/mol. The van der Waals surface area contributed by atoms with E-state index in [0.717, 1.165) is 15.6 Å². The van der Waals surface area contributed by atoms with Crippen LogP contribution in [0.2, 0.25) is 0 Å². The van der Waals surface area contributed by atoms with E-state index in [-0.39, 0.29) is 12.5 Å². The lowest BCUT2D eigenvalue weighted by Crippen LogP contribution is -2.21. The Labute approximate surface area is 188 Å². The number of nitrogens with zero attached hydrogens (tertiary/aromatic N) is 4. The van der Waals surface area contributed by atoms with Gasteiger partial charge in [0.1, 0.15) is 0 Å². The van der Waals surface area contributed by atoms with Crippen molar-refractivity contribution in [2.24, 2.45) is 0 Å². The van der Waals surface area contributed by atoms with Crippen LogP contribution in [0.5, 0.6) is 11.5 Å². The number of hydrogen-bond donors (Lipinski definition) is 2. The molecule has 1 heterocycles. The molecule has 10 heteroatoms. The number of tetrazole rings is 1. The van der Waals surface area contributed by atoms with Crippen molar-refractivity contribution in [1.29, 1.82) is 0 Å². The average molecular weight is 487 g/mol. The molecule has 3 aromatic rings. The van der Waals surface area contributed by atoms with Gasteiger partial charge in [0.25, 0.3) is 5.91 Å². The normalized spacial score (nSPS) is 10.4. The number of aromatic nitrogens is 4. The molecule has 0 unspecified atom stereocenters. The number of carbonyl (C=O) groups excluding carboxylic acids is 1. The number of benzene rings is 2. The Hall–Kier alpha value is -3.40. The highest BCUT2D eigenvalue weighted by Gasteiger charge is 2.17. The van der Waals surface area contributed by atoms with Crippen molar-refractivity contribution in [3.8, 4) is 11.5 Å². The molecule has 1 amide bonds. The van der Waals surface area contributed by atoms with Gasteiger partial charge >= 0.3 is 0 Å². The minimum absolute atomic E-state index is 0.179. The Bertz CT molecular complexity index is 1050. The van der Waals surface area contributed by atoms with E-state index in [1.165, 1.54) is 0 Å². The fraction of sp³-hybridized carbons (Fsp3) is 0.238. The van der Waals surface area contributed by atoms with E-state index >= 15 is 0 Å². The third-order valence-electron chi connectivity index (χ3n) is 4.33. The second-order valence-corrected chi connectivity index (χ2v) is 7.44.